The van der Waals surface area contributed by atoms with Gasteiger partial charge in [-0.2, -0.15) is 5.26 Å². The Bertz CT molecular complexity index is 1000. The first-order valence-electron chi connectivity index (χ1n) is 7.79. The van der Waals surface area contributed by atoms with Gasteiger partial charge >= 0.3 is 0 Å². The molecule has 0 bridgehead atoms. The molecule has 3 rings (SSSR count). The molecule has 2 aromatic carbocycles. The Labute approximate surface area is 144 Å². The first-order valence-corrected chi connectivity index (χ1v) is 7.79. The van der Waals surface area contributed by atoms with E-state index in [4.69, 9.17) is 4.74 Å². The molecule has 0 saturated heterocycles. The predicted molar refractivity (Wildman–Crippen MR) is 93.8 cm³/mol. The molecule has 0 spiro atoms. The summed E-state index contributed by atoms with van der Waals surface area (Å²) in [5, 5.41) is 9.42. The zero-order valence-corrected chi connectivity index (χ0v) is 13.5. The number of nitriles is 1. The number of pyridine rings is 1. The molecule has 124 valence electrons. The standard InChI is InChI=1S/C20H15FN2O2/c1-2-25-19-6-4-3-5-15(19)16-11-18(23-20(24)17(16)12-22)13-7-9-14(21)10-8-13/h3-11H,2H2,1H3,(H,23,24). The van der Waals surface area contributed by atoms with Crippen molar-refractivity contribution in [3.05, 3.63) is 76.3 Å². The number of hydrogen-bond acceptors (Lipinski definition) is 3. The Morgan fingerprint density at radius 2 is 1.84 bits per heavy atom. The molecule has 0 fully saturated rings. The van der Waals surface area contributed by atoms with Gasteiger partial charge in [-0.15, -0.1) is 0 Å². The summed E-state index contributed by atoms with van der Waals surface area (Å²) < 4.78 is 18.8. The summed E-state index contributed by atoms with van der Waals surface area (Å²) in [4.78, 5) is 15.1. The summed E-state index contributed by atoms with van der Waals surface area (Å²) in [6.07, 6.45) is 0. The van der Waals surface area contributed by atoms with Gasteiger partial charge in [-0.3, -0.25) is 4.79 Å². The molecule has 25 heavy (non-hydrogen) atoms. The molecule has 0 amide bonds. The molecule has 1 heterocycles. The van der Waals surface area contributed by atoms with Crippen LogP contribution in [0.4, 0.5) is 4.39 Å². The number of nitrogens with zero attached hydrogens (tertiary/aromatic N) is 1. The van der Waals surface area contributed by atoms with E-state index >= 15 is 0 Å². The van der Waals surface area contributed by atoms with Crippen LogP contribution in [0.5, 0.6) is 5.75 Å². The highest BCUT2D eigenvalue weighted by Crippen LogP contribution is 2.33. The first-order chi connectivity index (χ1) is 12.1. The lowest BCUT2D eigenvalue weighted by Gasteiger charge is -2.12. The number of hydrogen-bond donors (Lipinski definition) is 1. The highest BCUT2D eigenvalue weighted by molar-refractivity contribution is 5.78. The Kier molecular flexibility index (Phi) is 4.62. The molecule has 0 atom stereocenters. The number of para-hydroxylation sites is 1. The summed E-state index contributed by atoms with van der Waals surface area (Å²) in [5.74, 6) is 0.235. The van der Waals surface area contributed by atoms with Crippen molar-refractivity contribution in [3.63, 3.8) is 0 Å². The Morgan fingerprint density at radius 3 is 2.52 bits per heavy atom. The van der Waals surface area contributed by atoms with E-state index in [1.54, 1.807) is 30.3 Å². The van der Waals surface area contributed by atoms with E-state index in [1.807, 2.05) is 25.1 Å². The second-order valence-electron chi connectivity index (χ2n) is 5.35. The fraction of sp³-hybridized carbons (Fsp3) is 0.100. The van der Waals surface area contributed by atoms with Crippen molar-refractivity contribution in [2.75, 3.05) is 6.61 Å². The molecule has 0 aliphatic carbocycles. The van der Waals surface area contributed by atoms with E-state index in [2.05, 4.69) is 4.98 Å². The van der Waals surface area contributed by atoms with Gasteiger partial charge in [0.15, 0.2) is 0 Å². The van der Waals surface area contributed by atoms with Crippen LogP contribution in [-0.4, -0.2) is 11.6 Å². The van der Waals surface area contributed by atoms with Gasteiger partial charge in [0.1, 0.15) is 23.2 Å². The Balaban J connectivity index is 2.24. The molecular weight excluding hydrogens is 319 g/mol. The van der Waals surface area contributed by atoms with Crippen LogP contribution in [0.25, 0.3) is 22.4 Å². The van der Waals surface area contributed by atoms with Crippen LogP contribution >= 0.6 is 0 Å². The van der Waals surface area contributed by atoms with Gasteiger partial charge in [-0.25, -0.2) is 4.39 Å². The molecule has 1 aromatic heterocycles. The molecule has 0 radical (unpaired) electrons. The van der Waals surface area contributed by atoms with E-state index in [0.717, 1.165) is 0 Å². The first kappa shape index (κ1) is 16.5. The van der Waals surface area contributed by atoms with Gasteiger partial charge in [0, 0.05) is 16.8 Å². The van der Waals surface area contributed by atoms with Crippen molar-refractivity contribution < 1.29 is 9.13 Å². The molecule has 3 aromatic rings. The summed E-state index contributed by atoms with van der Waals surface area (Å²) in [5.41, 5.74) is 1.82. The van der Waals surface area contributed by atoms with Gasteiger partial charge < -0.3 is 9.72 Å². The molecule has 5 heteroatoms. The van der Waals surface area contributed by atoms with Crippen molar-refractivity contribution in [1.29, 1.82) is 5.26 Å². The number of ether oxygens (including phenoxy) is 1. The average molecular weight is 334 g/mol. The van der Waals surface area contributed by atoms with Crippen molar-refractivity contribution in [2.45, 2.75) is 6.92 Å². The van der Waals surface area contributed by atoms with Gasteiger partial charge in [0.25, 0.3) is 5.56 Å². The monoisotopic (exact) mass is 334 g/mol. The number of H-pyrrole nitrogens is 1. The SMILES string of the molecule is CCOc1ccccc1-c1cc(-c2ccc(F)cc2)[nH]c(=O)c1C#N. The smallest absolute Gasteiger partial charge is 0.266 e. The van der Waals surface area contributed by atoms with E-state index in [0.29, 0.717) is 34.7 Å². The summed E-state index contributed by atoms with van der Waals surface area (Å²) in [6.45, 7) is 2.33. The molecule has 0 unspecified atom stereocenters. The molecular formula is C20H15FN2O2. The van der Waals surface area contributed by atoms with E-state index in [-0.39, 0.29) is 11.4 Å². The normalized spacial score (nSPS) is 10.3. The molecule has 4 nitrogen and oxygen atoms in total. The maximum Gasteiger partial charge on any atom is 0.266 e. The molecule has 0 aliphatic rings. The maximum absolute atomic E-state index is 13.2. The quantitative estimate of drug-likeness (QED) is 0.780. The minimum atomic E-state index is -0.495. The average Bonchev–Trinajstić information content (AvgIpc) is 2.62. The van der Waals surface area contributed by atoms with Crippen molar-refractivity contribution in [3.8, 4) is 34.2 Å². The number of aromatic amines is 1. The van der Waals surface area contributed by atoms with E-state index in [1.165, 1.54) is 12.1 Å². The second kappa shape index (κ2) is 7.02. The third-order valence-electron chi connectivity index (χ3n) is 3.78. The number of halogens is 1. The second-order valence-corrected chi connectivity index (χ2v) is 5.35. The number of aromatic nitrogens is 1. The van der Waals surface area contributed by atoms with Gasteiger partial charge in [-0.05, 0) is 48.9 Å². The third-order valence-corrected chi connectivity index (χ3v) is 3.78. The van der Waals surface area contributed by atoms with Crippen LogP contribution in [0.3, 0.4) is 0 Å². The van der Waals surface area contributed by atoms with Gasteiger partial charge in [0.2, 0.25) is 0 Å². The summed E-state index contributed by atoms with van der Waals surface area (Å²) in [6, 6.07) is 16.7. The van der Waals surface area contributed by atoms with Crippen molar-refractivity contribution in [2.24, 2.45) is 0 Å². The van der Waals surface area contributed by atoms with Crippen LogP contribution in [0.2, 0.25) is 0 Å². The van der Waals surface area contributed by atoms with Gasteiger partial charge in [0.05, 0.1) is 6.61 Å². The molecule has 1 N–H and O–H groups in total. The van der Waals surface area contributed by atoms with Crippen LogP contribution in [0.1, 0.15) is 12.5 Å². The topological polar surface area (TPSA) is 65.9 Å². The van der Waals surface area contributed by atoms with E-state index in [9.17, 15) is 14.4 Å². The minimum Gasteiger partial charge on any atom is -0.493 e. The zero-order chi connectivity index (χ0) is 17.8. The van der Waals surface area contributed by atoms with Crippen LogP contribution in [0, 0.1) is 17.1 Å². The number of nitrogens with one attached hydrogen (secondary N) is 1. The van der Waals surface area contributed by atoms with Crippen LogP contribution < -0.4 is 10.3 Å². The Hall–Kier alpha value is -3.39. The number of benzene rings is 2. The lowest BCUT2D eigenvalue weighted by atomic mass is 9.98. The fourth-order valence-corrected chi connectivity index (χ4v) is 2.64. The van der Waals surface area contributed by atoms with Gasteiger partial charge in [-0.1, -0.05) is 18.2 Å². The zero-order valence-electron chi connectivity index (χ0n) is 13.5. The largest absolute Gasteiger partial charge is 0.493 e. The highest BCUT2D eigenvalue weighted by atomic mass is 19.1. The fourth-order valence-electron chi connectivity index (χ4n) is 2.64. The summed E-state index contributed by atoms with van der Waals surface area (Å²) >= 11 is 0. The van der Waals surface area contributed by atoms with E-state index < -0.39 is 5.56 Å². The molecule has 0 aliphatic heterocycles. The number of rotatable bonds is 4. The van der Waals surface area contributed by atoms with Crippen LogP contribution in [0.15, 0.2) is 59.4 Å². The van der Waals surface area contributed by atoms with Crippen molar-refractivity contribution >= 4 is 0 Å². The predicted octanol–water partition coefficient (Wildman–Crippen LogP) is 4.12. The summed E-state index contributed by atoms with van der Waals surface area (Å²) in [7, 11) is 0. The van der Waals surface area contributed by atoms with Crippen LogP contribution in [-0.2, 0) is 0 Å². The Morgan fingerprint density at radius 1 is 1.12 bits per heavy atom. The highest BCUT2D eigenvalue weighted by Gasteiger charge is 2.15. The lowest BCUT2D eigenvalue weighted by molar-refractivity contribution is 0.341. The lowest BCUT2D eigenvalue weighted by Crippen LogP contribution is -2.13. The molecule has 0 saturated carbocycles. The van der Waals surface area contributed by atoms with Crippen molar-refractivity contribution in [1.82, 2.24) is 4.98 Å². The minimum absolute atomic E-state index is 0.0121. The third kappa shape index (κ3) is 3.29. The maximum atomic E-state index is 13.2.